The summed E-state index contributed by atoms with van der Waals surface area (Å²) in [6, 6.07) is 6.70. The van der Waals surface area contributed by atoms with E-state index >= 15 is 0 Å². The highest BCUT2D eigenvalue weighted by molar-refractivity contribution is 5.94. The van der Waals surface area contributed by atoms with Gasteiger partial charge < -0.3 is 9.84 Å². The molecule has 0 radical (unpaired) electrons. The lowest BCUT2D eigenvalue weighted by molar-refractivity contribution is 0.0528. The number of Topliss-reactive ketones (excluding diaryl/α,β-unsaturated/α-hetero) is 1. The van der Waals surface area contributed by atoms with Gasteiger partial charge in [0.25, 0.3) is 0 Å². The number of ketones is 1. The SMILES string of the molecule is CC(=O)c1cccc(OC(N)C(C)O)c1. The van der Waals surface area contributed by atoms with Crippen LogP contribution in [0.3, 0.4) is 0 Å². The molecule has 3 N–H and O–H groups in total. The molecule has 1 aromatic carbocycles. The lowest BCUT2D eigenvalue weighted by Crippen LogP contribution is -2.37. The van der Waals surface area contributed by atoms with E-state index in [1.165, 1.54) is 6.92 Å². The van der Waals surface area contributed by atoms with Crippen LogP contribution in [-0.4, -0.2) is 23.2 Å². The summed E-state index contributed by atoms with van der Waals surface area (Å²) < 4.78 is 5.24. The first kappa shape index (κ1) is 11.7. The summed E-state index contributed by atoms with van der Waals surface area (Å²) in [6.45, 7) is 3.02. The number of rotatable bonds is 4. The van der Waals surface area contributed by atoms with E-state index < -0.39 is 12.3 Å². The van der Waals surface area contributed by atoms with Crippen LogP contribution in [0.15, 0.2) is 24.3 Å². The van der Waals surface area contributed by atoms with Gasteiger partial charge in [-0.1, -0.05) is 12.1 Å². The maximum atomic E-state index is 11.1. The molecule has 0 aliphatic heterocycles. The van der Waals surface area contributed by atoms with Gasteiger partial charge in [-0.05, 0) is 26.0 Å². The average Bonchev–Trinajstić information content (AvgIpc) is 2.18. The van der Waals surface area contributed by atoms with Gasteiger partial charge in [-0.15, -0.1) is 0 Å². The molecule has 1 aromatic rings. The summed E-state index contributed by atoms with van der Waals surface area (Å²) in [7, 11) is 0. The number of aliphatic hydroxyl groups is 1. The Hall–Kier alpha value is -1.39. The van der Waals surface area contributed by atoms with Gasteiger partial charge in [-0.3, -0.25) is 10.5 Å². The normalized spacial score (nSPS) is 14.4. The second-order valence-corrected chi connectivity index (χ2v) is 3.41. The van der Waals surface area contributed by atoms with Crippen molar-refractivity contribution in [2.75, 3.05) is 0 Å². The van der Waals surface area contributed by atoms with Gasteiger partial charge in [-0.25, -0.2) is 0 Å². The number of hydrogen-bond donors (Lipinski definition) is 2. The highest BCUT2D eigenvalue weighted by Gasteiger charge is 2.11. The minimum absolute atomic E-state index is 0.0360. The Kier molecular flexibility index (Phi) is 3.82. The molecule has 0 fully saturated rings. The maximum absolute atomic E-state index is 11.1. The van der Waals surface area contributed by atoms with E-state index in [9.17, 15) is 4.79 Å². The van der Waals surface area contributed by atoms with Crippen LogP contribution in [0.1, 0.15) is 24.2 Å². The molecular formula is C11H15NO3. The van der Waals surface area contributed by atoms with Gasteiger partial charge in [0.1, 0.15) is 11.9 Å². The summed E-state index contributed by atoms with van der Waals surface area (Å²) in [5.41, 5.74) is 6.08. The summed E-state index contributed by atoms with van der Waals surface area (Å²) in [5.74, 6) is 0.446. The van der Waals surface area contributed by atoms with Crippen molar-refractivity contribution in [3.05, 3.63) is 29.8 Å². The predicted octanol–water partition coefficient (Wildman–Crippen LogP) is 0.934. The predicted molar refractivity (Wildman–Crippen MR) is 56.7 cm³/mol. The summed E-state index contributed by atoms with van der Waals surface area (Å²) in [5, 5.41) is 9.14. The van der Waals surface area contributed by atoms with E-state index in [0.717, 1.165) is 0 Å². The van der Waals surface area contributed by atoms with Gasteiger partial charge >= 0.3 is 0 Å². The standard InChI is InChI=1S/C11H15NO3/c1-7(13)9-4-3-5-10(6-9)15-11(12)8(2)14/h3-6,8,11,14H,12H2,1-2H3. The summed E-state index contributed by atoms with van der Waals surface area (Å²) in [4.78, 5) is 11.1. The molecule has 0 aliphatic carbocycles. The molecule has 0 bridgehead atoms. The number of carbonyl (C=O) groups is 1. The van der Waals surface area contributed by atoms with E-state index in [2.05, 4.69) is 0 Å². The van der Waals surface area contributed by atoms with E-state index in [1.807, 2.05) is 0 Å². The van der Waals surface area contributed by atoms with E-state index in [-0.39, 0.29) is 5.78 Å². The van der Waals surface area contributed by atoms with Crippen molar-refractivity contribution in [3.63, 3.8) is 0 Å². The first-order valence-electron chi connectivity index (χ1n) is 4.72. The van der Waals surface area contributed by atoms with Crippen molar-refractivity contribution in [2.24, 2.45) is 5.73 Å². The number of ether oxygens (including phenoxy) is 1. The van der Waals surface area contributed by atoms with Crippen LogP contribution in [-0.2, 0) is 0 Å². The van der Waals surface area contributed by atoms with Crippen LogP contribution >= 0.6 is 0 Å². The van der Waals surface area contributed by atoms with Gasteiger partial charge in [0.15, 0.2) is 12.0 Å². The van der Waals surface area contributed by atoms with Crippen molar-refractivity contribution in [2.45, 2.75) is 26.2 Å². The first-order chi connectivity index (χ1) is 7.00. The molecule has 0 spiro atoms. The van der Waals surface area contributed by atoms with Crippen LogP contribution in [0.2, 0.25) is 0 Å². The monoisotopic (exact) mass is 209 g/mol. The van der Waals surface area contributed by atoms with Crippen molar-refractivity contribution in [1.82, 2.24) is 0 Å². The Balaban J connectivity index is 2.78. The molecule has 1 rings (SSSR count). The van der Waals surface area contributed by atoms with Crippen molar-refractivity contribution in [3.8, 4) is 5.75 Å². The fourth-order valence-electron chi connectivity index (χ4n) is 1.04. The fourth-order valence-corrected chi connectivity index (χ4v) is 1.04. The van der Waals surface area contributed by atoms with Crippen LogP contribution in [0.4, 0.5) is 0 Å². The zero-order chi connectivity index (χ0) is 11.4. The molecule has 0 aromatic heterocycles. The van der Waals surface area contributed by atoms with Crippen molar-refractivity contribution >= 4 is 5.78 Å². The van der Waals surface area contributed by atoms with E-state index in [1.54, 1.807) is 31.2 Å². The smallest absolute Gasteiger partial charge is 0.173 e. The lowest BCUT2D eigenvalue weighted by Gasteiger charge is -2.17. The molecule has 2 unspecified atom stereocenters. The van der Waals surface area contributed by atoms with Crippen LogP contribution in [0.5, 0.6) is 5.75 Å². The van der Waals surface area contributed by atoms with Crippen LogP contribution < -0.4 is 10.5 Å². The Morgan fingerprint density at radius 1 is 1.53 bits per heavy atom. The second kappa shape index (κ2) is 4.91. The van der Waals surface area contributed by atoms with E-state index in [4.69, 9.17) is 15.6 Å². The zero-order valence-electron chi connectivity index (χ0n) is 8.81. The molecule has 4 heteroatoms. The number of aliphatic hydroxyl groups excluding tert-OH is 1. The number of hydrogen-bond acceptors (Lipinski definition) is 4. The largest absolute Gasteiger partial charge is 0.473 e. The molecule has 0 aliphatic rings. The van der Waals surface area contributed by atoms with Crippen LogP contribution in [0.25, 0.3) is 0 Å². The quantitative estimate of drug-likeness (QED) is 0.571. The van der Waals surface area contributed by atoms with Gasteiger partial charge in [0.2, 0.25) is 0 Å². The molecule has 82 valence electrons. The molecule has 0 saturated carbocycles. The van der Waals surface area contributed by atoms with Gasteiger partial charge in [0.05, 0.1) is 0 Å². The third kappa shape index (κ3) is 3.34. The second-order valence-electron chi connectivity index (χ2n) is 3.41. The highest BCUT2D eigenvalue weighted by atomic mass is 16.5. The number of carbonyl (C=O) groups excluding carboxylic acids is 1. The minimum atomic E-state index is -0.785. The van der Waals surface area contributed by atoms with Gasteiger partial charge in [-0.2, -0.15) is 0 Å². The first-order valence-corrected chi connectivity index (χ1v) is 4.72. The van der Waals surface area contributed by atoms with Gasteiger partial charge in [0, 0.05) is 5.56 Å². The molecule has 2 atom stereocenters. The third-order valence-corrected chi connectivity index (χ3v) is 1.99. The summed E-state index contributed by atoms with van der Waals surface area (Å²) >= 11 is 0. The Labute approximate surface area is 88.7 Å². The highest BCUT2D eigenvalue weighted by Crippen LogP contribution is 2.15. The Bertz CT molecular complexity index is 349. The minimum Gasteiger partial charge on any atom is -0.473 e. The topological polar surface area (TPSA) is 72.5 Å². The van der Waals surface area contributed by atoms with E-state index in [0.29, 0.717) is 11.3 Å². The Morgan fingerprint density at radius 2 is 2.20 bits per heavy atom. The molecule has 0 amide bonds. The Morgan fingerprint density at radius 3 is 2.73 bits per heavy atom. The average molecular weight is 209 g/mol. The molecule has 15 heavy (non-hydrogen) atoms. The molecular weight excluding hydrogens is 194 g/mol. The number of benzene rings is 1. The molecule has 0 saturated heterocycles. The number of nitrogens with two attached hydrogens (primary N) is 1. The fraction of sp³-hybridized carbons (Fsp3) is 0.364. The zero-order valence-corrected chi connectivity index (χ0v) is 8.81. The maximum Gasteiger partial charge on any atom is 0.173 e. The third-order valence-electron chi connectivity index (χ3n) is 1.99. The van der Waals surface area contributed by atoms with Crippen molar-refractivity contribution < 1.29 is 14.6 Å². The summed E-state index contributed by atoms with van der Waals surface area (Å²) in [6.07, 6.45) is -1.54. The van der Waals surface area contributed by atoms with Crippen LogP contribution in [0, 0.1) is 0 Å². The lowest BCUT2D eigenvalue weighted by atomic mass is 10.1. The van der Waals surface area contributed by atoms with Crippen molar-refractivity contribution in [1.29, 1.82) is 0 Å². The molecule has 0 heterocycles. The molecule has 4 nitrogen and oxygen atoms in total.